The number of nitrogens with zero attached hydrogens (tertiary/aromatic N) is 3. The van der Waals surface area contributed by atoms with E-state index in [1.165, 1.54) is 146 Å². The van der Waals surface area contributed by atoms with Gasteiger partial charge >= 0.3 is 0 Å². The summed E-state index contributed by atoms with van der Waals surface area (Å²) in [5.41, 5.74) is 21.3. The zero-order valence-corrected chi connectivity index (χ0v) is 26.4. The topological polar surface area (TPSA) is 46.5 Å². The van der Waals surface area contributed by atoms with Crippen LogP contribution in [0.5, 0.6) is 0 Å². The molecule has 0 unspecified atom stereocenters. The first kappa shape index (κ1) is 27.0. The second-order valence-corrected chi connectivity index (χ2v) is 14.2. The molecule has 0 spiro atoms. The lowest BCUT2D eigenvalue weighted by Crippen LogP contribution is -2.07. The number of H-pyrrole nitrogens is 1. The standard InChI is InChI=1S/C40H46N4/c1-6-14-27-28(15-7-1)40-32-19-11-3-9-17-30-35-21-20-33(41-35)29-16-8-2-10-18-31(36-23-22-34(29)42-36)39(27)44(40)24-12-4-5-13-26-25-37(30)43-38(26)32/h20-23,25,41H,1-19,24H2. The molecule has 1 N–H and O–H groups in total. The SMILES string of the molecule is C1=Cc2nc1c1c3ccc([nH]3)c3c4nc5c(c6c7c(c(c2CCCCC1)n6CCCCCC5=C4)CCCCC7)CCCCC3. The maximum Gasteiger partial charge on any atom is 0.0722 e. The molecule has 6 aliphatic rings. The van der Waals surface area contributed by atoms with Crippen LogP contribution in [0, 0.1) is 0 Å². The molecule has 0 saturated heterocycles. The van der Waals surface area contributed by atoms with E-state index in [9.17, 15) is 0 Å². The second kappa shape index (κ2) is 11.2. The van der Waals surface area contributed by atoms with Gasteiger partial charge in [0.2, 0.25) is 0 Å². The zero-order valence-electron chi connectivity index (χ0n) is 26.4. The van der Waals surface area contributed by atoms with Gasteiger partial charge in [0.1, 0.15) is 0 Å². The molecule has 4 nitrogen and oxygen atoms in total. The van der Waals surface area contributed by atoms with E-state index in [-0.39, 0.29) is 0 Å². The quantitative estimate of drug-likeness (QED) is 0.210. The number of aromatic nitrogens is 4. The van der Waals surface area contributed by atoms with Crippen molar-refractivity contribution in [2.75, 3.05) is 0 Å². The third-order valence-electron chi connectivity index (χ3n) is 11.5. The summed E-state index contributed by atoms with van der Waals surface area (Å²) < 4.78 is 2.85. The molecular weight excluding hydrogens is 536 g/mol. The Morgan fingerprint density at radius 2 is 1.00 bits per heavy atom. The highest BCUT2D eigenvalue weighted by molar-refractivity contribution is 5.91. The number of hydrogen-bond acceptors (Lipinski definition) is 2. The zero-order chi connectivity index (χ0) is 29.0. The summed E-state index contributed by atoms with van der Waals surface area (Å²) in [7, 11) is 0. The lowest BCUT2D eigenvalue weighted by atomic mass is 9.94. The Morgan fingerprint density at radius 1 is 0.477 bits per heavy atom. The summed E-state index contributed by atoms with van der Waals surface area (Å²) in [5.74, 6) is 0. The lowest BCUT2D eigenvalue weighted by molar-refractivity contribution is 0.604. The van der Waals surface area contributed by atoms with Crippen molar-refractivity contribution in [1.82, 2.24) is 19.5 Å². The number of hydrogen-bond donors (Lipinski definition) is 1. The molecule has 0 saturated carbocycles. The summed E-state index contributed by atoms with van der Waals surface area (Å²) in [4.78, 5) is 15.1. The van der Waals surface area contributed by atoms with E-state index in [1.807, 2.05) is 0 Å². The average Bonchev–Trinajstić information content (AvgIpc) is 3.81. The third-order valence-corrected chi connectivity index (χ3v) is 11.5. The molecule has 0 amide bonds. The van der Waals surface area contributed by atoms with Gasteiger partial charge in [-0.2, -0.15) is 0 Å². The summed E-state index contributed by atoms with van der Waals surface area (Å²) in [6.07, 6.45) is 30.4. The number of nitrogens with one attached hydrogen (secondary N) is 1. The van der Waals surface area contributed by atoms with Crippen molar-refractivity contribution in [3.8, 4) is 0 Å². The molecule has 8 heterocycles. The molecule has 9 rings (SSSR count). The van der Waals surface area contributed by atoms with Gasteiger partial charge in [0.15, 0.2) is 0 Å². The fraction of sp³-hybridized carbons (Fsp3) is 0.500. The minimum atomic E-state index is 1.08. The smallest absolute Gasteiger partial charge is 0.0722 e. The van der Waals surface area contributed by atoms with E-state index < -0.39 is 0 Å². The number of allylic oxidation sites excluding steroid dienone is 1. The van der Waals surface area contributed by atoms with Crippen molar-refractivity contribution >= 4 is 45.9 Å². The Balaban J connectivity index is 1.55. The van der Waals surface area contributed by atoms with Gasteiger partial charge in [0, 0.05) is 39.8 Å². The van der Waals surface area contributed by atoms with Crippen LogP contribution in [-0.4, -0.2) is 19.5 Å². The van der Waals surface area contributed by atoms with Gasteiger partial charge in [-0.1, -0.05) is 25.7 Å². The molecule has 3 aromatic heterocycles. The second-order valence-electron chi connectivity index (χ2n) is 14.2. The monoisotopic (exact) mass is 582 g/mol. The van der Waals surface area contributed by atoms with Crippen molar-refractivity contribution in [2.45, 2.75) is 129 Å². The minimum Gasteiger partial charge on any atom is -0.355 e. The van der Waals surface area contributed by atoms with Crippen LogP contribution in [0.4, 0.5) is 0 Å². The van der Waals surface area contributed by atoms with Gasteiger partial charge in [-0.3, -0.25) is 0 Å². The van der Waals surface area contributed by atoms with Crippen LogP contribution in [0.1, 0.15) is 140 Å². The molecule has 0 atom stereocenters. The molecule has 0 aromatic carbocycles. The van der Waals surface area contributed by atoms with Gasteiger partial charge in [0.05, 0.1) is 33.8 Å². The number of aryl methyl sites for hydroxylation is 7. The van der Waals surface area contributed by atoms with Crippen LogP contribution >= 0.6 is 0 Å². The number of rotatable bonds is 0. The van der Waals surface area contributed by atoms with Gasteiger partial charge < -0.3 is 9.55 Å². The van der Waals surface area contributed by atoms with E-state index in [1.54, 1.807) is 27.7 Å². The van der Waals surface area contributed by atoms with Crippen LogP contribution in [0.2, 0.25) is 0 Å². The maximum absolute atomic E-state index is 5.67. The predicted molar refractivity (Wildman–Crippen MR) is 184 cm³/mol. The Kier molecular flexibility index (Phi) is 6.86. The van der Waals surface area contributed by atoms with Crippen molar-refractivity contribution in [2.24, 2.45) is 0 Å². The van der Waals surface area contributed by atoms with Crippen molar-refractivity contribution in [3.05, 3.63) is 68.3 Å². The fourth-order valence-corrected chi connectivity index (χ4v) is 9.31. The summed E-state index contributed by atoms with van der Waals surface area (Å²) in [6.45, 7) is 1.12. The van der Waals surface area contributed by atoms with Gasteiger partial charge in [-0.05, 0) is 143 Å². The Labute approximate surface area is 261 Å². The number of aromatic amines is 1. The predicted octanol–water partition coefficient (Wildman–Crippen LogP) is 9.88. The van der Waals surface area contributed by atoms with E-state index in [4.69, 9.17) is 9.97 Å². The van der Waals surface area contributed by atoms with Crippen LogP contribution in [-0.2, 0) is 45.1 Å². The normalized spacial score (nSPS) is 19.9. The van der Waals surface area contributed by atoms with Gasteiger partial charge in [-0.25, -0.2) is 9.97 Å². The largest absolute Gasteiger partial charge is 0.355 e. The molecule has 3 aromatic rings. The molecule has 4 heteroatoms. The first-order chi connectivity index (χ1) is 21.8. The molecule has 5 aliphatic heterocycles. The first-order valence-corrected chi connectivity index (χ1v) is 18.0. The van der Waals surface area contributed by atoms with E-state index in [0.29, 0.717) is 0 Å². The molecular formula is C40H46N4. The highest BCUT2D eigenvalue weighted by atomic mass is 15.0. The average molecular weight is 583 g/mol. The Bertz CT molecular complexity index is 1880. The van der Waals surface area contributed by atoms with Crippen LogP contribution in [0.15, 0.2) is 12.1 Å². The van der Waals surface area contributed by atoms with E-state index >= 15 is 0 Å². The molecule has 226 valence electrons. The summed E-state index contributed by atoms with van der Waals surface area (Å²) >= 11 is 0. The Hall–Kier alpha value is -3.40. The van der Waals surface area contributed by atoms with E-state index in [0.717, 1.165) is 38.6 Å². The summed E-state index contributed by atoms with van der Waals surface area (Å²) in [6, 6.07) is 4.67. The summed E-state index contributed by atoms with van der Waals surface area (Å²) in [5, 5.41) is 0. The first-order valence-electron chi connectivity index (χ1n) is 18.0. The maximum atomic E-state index is 5.67. The van der Waals surface area contributed by atoms with Crippen molar-refractivity contribution in [3.63, 3.8) is 0 Å². The van der Waals surface area contributed by atoms with E-state index in [2.05, 4.69) is 39.9 Å². The lowest BCUT2D eigenvalue weighted by Gasteiger charge is -2.18. The molecule has 13 bridgehead atoms. The fourth-order valence-electron chi connectivity index (χ4n) is 9.31. The third kappa shape index (κ3) is 4.46. The van der Waals surface area contributed by atoms with Crippen molar-refractivity contribution < 1.29 is 0 Å². The minimum absolute atomic E-state index is 1.08. The van der Waals surface area contributed by atoms with Crippen LogP contribution in [0.25, 0.3) is 45.9 Å². The van der Waals surface area contributed by atoms with Gasteiger partial charge in [-0.15, -0.1) is 0 Å². The molecule has 0 radical (unpaired) electrons. The molecule has 44 heavy (non-hydrogen) atoms. The highest BCUT2D eigenvalue weighted by Crippen LogP contribution is 2.42. The number of fused-ring (bicyclic) bond motifs is 7. The molecule has 1 aliphatic carbocycles. The van der Waals surface area contributed by atoms with Gasteiger partial charge in [0.25, 0.3) is 0 Å². The Morgan fingerprint density at radius 3 is 1.70 bits per heavy atom. The van der Waals surface area contributed by atoms with Crippen molar-refractivity contribution in [1.29, 1.82) is 0 Å². The van der Waals surface area contributed by atoms with Crippen LogP contribution < -0.4 is 0 Å². The highest BCUT2D eigenvalue weighted by Gasteiger charge is 2.28. The molecule has 0 fully saturated rings. The van der Waals surface area contributed by atoms with Crippen LogP contribution in [0.3, 0.4) is 0 Å².